The van der Waals surface area contributed by atoms with Crippen LogP contribution in [0.1, 0.15) is 22.7 Å². The van der Waals surface area contributed by atoms with Crippen LogP contribution in [0.25, 0.3) is 0 Å². The summed E-state index contributed by atoms with van der Waals surface area (Å²) in [6.07, 6.45) is 0. The van der Waals surface area contributed by atoms with Crippen molar-refractivity contribution in [1.82, 2.24) is 5.32 Å². The minimum absolute atomic E-state index is 0.0258. The second kappa shape index (κ2) is 5.00. The number of benzene rings is 2. The van der Waals surface area contributed by atoms with Gasteiger partial charge in [-0.2, -0.15) is 0 Å². The van der Waals surface area contributed by atoms with E-state index in [9.17, 15) is 4.79 Å². The molecule has 2 aromatic rings. The Hall–Kier alpha value is -2.29. The van der Waals surface area contributed by atoms with Gasteiger partial charge in [-0.3, -0.25) is 4.90 Å². The van der Waals surface area contributed by atoms with Gasteiger partial charge in [0, 0.05) is 12.2 Å². The zero-order chi connectivity index (χ0) is 14.1. The van der Waals surface area contributed by atoms with Crippen molar-refractivity contribution in [2.24, 2.45) is 0 Å². The Labute approximate surface area is 119 Å². The fraction of sp³-hybridized carbons (Fsp3) is 0.235. The molecule has 2 amide bonds. The van der Waals surface area contributed by atoms with Crippen LogP contribution in [0.15, 0.2) is 48.5 Å². The highest BCUT2D eigenvalue weighted by Crippen LogP contribution is 2.32. The molecular formula is C17H18N2O. The van der Waals surface area contributed by atoms with E-state index in [2.05, 4.69) is 24.4 Å². The maximum Gasteiger partial charge on any atom is 0.322 e. The highest BCUT2D eigenvalue weighted by molar-refractivity contribution is 5.95. The molecule has 2 aromatic carbocycles. The van der Waals surface area contributed by atoms with Crippen molar-refractivity contribution in [3.8, 4) is 0 Å². The van der Waals surface area contributed by atoms with Crippen molar-refractivity contribution in [2.75, 3.05) is 11.4 Å². The summed E-state index contributed by atoms with van der Waals surface area (Å²) in [4.78, 5) is 14.0. The lowest BCUT2D eigenvalue weighted by atomic mass is 10.0. The van der Waals surface area contributed by atoms with Crippen LogP contribution in [0.3, 0.4) is 0 Å². The predicted molar refractivity (Wildman–Crippen MR) is 81.0 cm³/mol. The molecule has 3 nitrogen and oxygen atoms in total. The van der Waals surface area contributed by atoms with E-state index in [0.717, 1.165) is 5.69 Å². The molecule has 1 heterocycles. The van der Waals surface area contributed by atoms with Gasteiger partial charge in [-0.05, 0) is 37.1 Å². The van der Waals surface area contributed by atoms with Crippen LogP contribution >= 0.6 is 0 Å². The van der Waals surface area contributed by atoms with Crippen molar-refractivity contribution < 1.29 is 4.79 Å². The normalized spacial score (nSPS) is 18.2. The lowest BCUT2D eigenvalue weighted by Crippen LogP contribution is -2.29. The summed E-state index contributed by atoms with van der Waals surface area (Å²) in [7, 11) is 0. The zero-order valence-electron chi connectivity index (χ0n) is 11.8. The zero-order valence-corrected chi connectivity index (χ0v) is 11.8. The first-order chi connectivity index (χ1) is 9.66. The number of aryl methyl sites for hydroxylation is 2. The van der Waals surface area contributed by atoms with Crippen LogP contribution in [0.5, 0.6) is 0 Å². The van der Waals surface area contributed by atoms with E-state index in [0.29, 0.717) is 6.54 Å². The topological polar surface area (TPSA) is 32.3 Å². The fourth-order valence-electron chi connectivity index (χ4n) is 2.71. The van der Waals surface area contributed by atoms with Gasteiger partial charge in [-0.15, -0.1) is 0 Å². The second-order valence-electron chi connectivity index (χ2n) is 5.26. The first-order valence-corrected chi connectivity index (χ1v) is 6.86. The number of rotatable bonds is 2. The van der Waals surface area contributed by atoms with E-state index in [-0.39, 0.29) is 12.1 Å². The fourth-order valence-corrected chi connectivity index (χ4v) is 2.71. The van der Waals surface area contributed by atoms with Gasteiger partial charge in [0.05, 0.1) is 6.04 Å². The molecule has 0 aromatic heterocycles. The van der Waals surface area contributed by atoms with Gasteiger partial charge in [-0.25, -0.2) is 4.79 Å². The Morgan fingerprint density at radius 1 is 1.05 bits per heavy atom. The van der Waals surface area contributed by atoms with Crippen LogP contribution in [0.2, 0.25) is 0 Å². The molecule has 0 aliphatic carbocycles. The number of hydrogen-bond donors (Lipinski definition) is 1. The third kappa shape index (κ3) is 2.16. The van der Waals surface area contributed by atoms with Crippen molar-refractivity contribution in [1.29, 1.82) is 0 Å². The van der Waals surface area contributed by atoms with Crippen LogP contribution in [0.4, 0.5) is 10.5 Å². The van der Waals surface area contributed by atoms with Gasteiger partial charge in [0.25, 0.3) is 0 Å². The van der Waals surface area contributed by atoms with E-state index < -0.39 is 0 Å². The lowest BCUT2D eigenvalue weighted by molar-refractivity contribution is 0.251. The number of carbonyl (C=O) groups excluding carboxylic acids is 1. The number of urea groups is 1. The number of hydrogen-bond acceptors (Lipinski definition) is 1. The van der Waals surface area contributed by atoms with Gasteiger partial charge in [0.2, 0.25) is 0 Å². The van der Waals surface area contributed by atoms with Gasteiger partial charge < -0.3 is 5.32 Å². The Kier molecular flexibility index (Phi) is 3.18. The smallest absolute Gasteiger partial charge is 0.322 e. The molecule has 1 aliphatic rings. The van der Waals surface area contributed by atoms with Gasteiger partial charge in [0.1, 0.15) is 0 Å². The average Bonchev–Trinajstić information content (AvgIpc) is 2.82. The summed E-state index contributed by atoms with van der Waals surface area (Å²) in [6.45, 7) is 4.79. The molecular weight excluding hydrogens is 248 g/mol. The van der Waals surface area contributed by atoms with Crippen LogP contribution < -0.4 is 10.2 Å². The quantitative estimate of drug-likeness (QED) is 0.885. The molecule has 0 bridgehead atoms. The summed E-state index contributed by atoms with van der Waals surface area (Å²) < 4.78 is 0. The number of nitrogens with one attached hydrogen (secondary N) is 1. The SMILES string of the molecule is Cc1ccc(N2C(=O)NCC2c2ccccc2C)cc1. The minimum Gasteiger partial charge on any atom is -0.335 e. The Balaban J connectivity index is 2.01. The summed E-state index contributed by atoms with van der Waals surface area (Å²) in [6, 6.07) is 16.4. The molecule has 0 radical (unpaired) electrons. The summed E-state index contributed by atoms with van der Waals surface area (Å²) in [5, 5.41) is 2.95. The van der Waals surface area contributed by atoms with Gasteiger partial charge in [0.15, 0.2) is 0 Å². The van der Waals surface area contributed by atoms with Crippen molar-refractivity contribution in [3.05, 3.63) is 65.2 Å². The molecule has 0 spiro atoms. The van der Waals surface area contributed by atoms with Gasteiger partial charge in [-0.1, -0.05) is 42.0 Å². The predicted octanol–water partition coefficient (Wildman–Crippen LogP) is 3.57. The van der Waals surface area contributed by atoms with Crippen LogP contribution in [-0.4, -0.2) is 12.6 Å². The summed E-state index contributed by atoms with van der Waals surface area (Å²) in [5.41, 5.74) is 4.55. The molecule has 3 heteroatoms. The Bertz CT molecular complexity index is 634. The molecule has 1 fully saturated rings. The number of amides is 2. The highest BCUT2D eigenvalue weighted by Gasteiger charge is 2.33. The Morgan fingerprint density at radius 2 is 1.75 bits per heavy atom. The molecule has 1 saturated heterocycles. The standard InChI is InChI=1S/C17H18N2O/c1-12-7-9-14(10-8-12)19-16(11-18-17(19)20)15-6-4-3-5-13(15)2/h3-10,16H,11H2,1-2H3,(H,18,20). The average molecular weight is 266 g/mol. The van der Waals surface area contributed by atoms with E-state index in [1.165, 1.54) is 16.7 Å². The molecule has 1 atom stereocenters. The third-order valence-electron chi connectivity index (χ3n) is 3.84. The maximum atomic E-state index is 12.2. The Morgan fingerprint density at radius 3 is 2.45 bits per heavy atom. The molecule has 1 aliphatic heterocycles. The van der Waals surface area contributed by atoms with Crippen molar-refractivity contribution in [2.45, 2.75) is 19.9 Å². The molecule has 1 N–H and O–H groups in total. The van der Waals surface area contributed by atoms with E-state index in [1.54, 1.807) is 0 Å². The lowest BCUT2D eigenvalue weighted by Gasteiger charge is -2.24. The highest BCUT2D eigenvalue weighted by atomic mass is 16.2. The van der Waals surface area contributed by atoms with E-state index >= 15 is 0 Å². The maximum absolute atomic E-state index is 12.2. The largest absolute Gasteiger partial charge is 0.335 e. The van der Waals surface area contributed by atoms with Crippen molar-refractivity contribution >= 4 is 11.7 Å². The first kappa shape index (κ1) is 12.7. The number of anilines is 1. The molecule has 1 unspecified atom stereocenters. The minimum atomic E-state index is -0.0258. The van der Waals surface area contributed by atoms with Crippen LogP contribution in [-0.2, 0) is 0 Å². The summed E-state index contributed by atoms with van der Waals surface area (Å²) >= 11 is 0. The molecule has 0 saturated carbocycles. The molecule has 20 heavy (non-hydrogen) atoms. The van der Waals surface area contributed by atoms with Crippen molar-refractivity contribution in [3.63, 3.8) is 0 Å². The van der Waals surface area contributed by atoms with E-state index in [4.69, 9.17) is 0 Å². The molecule has 102 valence electrons. The van der Waals surface area contributed by atoms with E-state index in [1.807, 2.05) is 48.2 Å². The first-order valence-electron chi connectivity index (χ1n) is 6.86. The number of carbonyl (C=O) groups is 1. The monoisotopic (exact) mass is 266 g/mol. The third-order valence-corrected chi connectivity index (χ3v) is 3.84. The van der Waals surface area contributed by atoms with Gasteiger partial charge >= 0.3 is 6.03 Å². The number of nitrogens with zero attached hydrogens (tertiary/aromatic N) is 1. The van der Waals surface area contributed by atoms with Crippen LogP contribution in [0, 0.1) is 13.8 Å². The second-order valence-corrected chi connectivity index (χ2v) is 5.26. The molecule has 3 rings (SSSR count). The summed E-state index contributed by atoms with van der Waals surface area (Å²) in [5.74, 6) is 0.